The Labute approximate surface area is 338 Å². The normalized spacial score (nSPS) is 32.3. The number of nitrogens with one attached hydrogen (secondary N) is 2. The van der Waals surface area contributed by atoms with Crippen molar-refractivity contribution >= 4 is 46.7 Å². The predicted octanol–water partition coefficient (Wildman–Crippen LogP) is 3.02. The van der Waals surface area contributed by atoms with Gasteiger partial charge in [0.2, 0.25) is 17.6 Å². The molecule has 0 radical (unpaired) electrons. The molecule has 5 saturated heterocycles. The van der Waals surface area contributed by atoms with Crippen LogP contribution in [0.4, 0.5) is 5.69 Å². The SMILES string of the molecule is COC(=O)[C@H](Cc1cc([N+](=O)[O-])ccc1CN(CCCl)CCCl)NC(=O)CN1CCN(CC(=O)N[C@H]2O[C@@H]3OC4(C)CCC5[C@H](C)CC[C@@H]([C@H]2C)C53OO4)CC1. The zero-order chi connectivity index (χ0) is 40.2. The molecule has 1 aromatic rings. The summed E-state index contributed by atoms with van der Waals surface area (Å²) < 4.78 is 18.0. The third-order valence-corrected chi connectivity index (χ3v) is 12.8. The first-order valence-electron chi connectivity index (χ1n) is 19.7. The monoisotopic (exact) mass is 826 g/mol. The summed E-state index contributed by atoms with van der Waals surface area (Å²) in [6, 6.07) is 3.42. The molecule has 1 saturated carbocycles. The Morgan fingerprint density at radius 2 is 1.68 bits per heavy atom. The Kier molecular flexibility index (Phi) is 14.2. The molecule has 5 heterocycles. The van der Waals surface area contributed by atoms with Gasteiger partial charge >= 0.3 is 5.97 Å². The van der Waals surface area contributed by atoms with Crippen LogP contribution in [-0.4, -0.2) is 139 Å². The number of amides is 2. The van der Waals surface area contributed by atoms with E-state index in [1.807, 2.05) is 21.6 Å². The zero-order valence-corrected chi connectivity index (χ0v) is 34.2. The van der Waals surface area contributed by atoms with E-state index >= 15 is 0 Å². The number of non-ortho nitro benzene ring substituents is 1. The molecule has 2 amide bonds. The molecular formula is C38H56Cl2N6O10. The van der Waals surface area contributed by atoms with Gasteiger partial charge in [0.25, 0.3) is 5.69 Å². The molecule has 16 nitrogen and oxygen atoms in total. The molecule has 2 N–H and O–H groups in total. The van der Waals surface area contributed by atoms with Gasteiger partial charge in [-0.05, 0) is 49.1 Å². The first-order valence-corrected chi connectivity index (χ1v) is 20.8. The Morgan fingerprint density at radius 1 is 1.00 bits per heavy atom. The summed E-state index contributed by atoms with van der Waals surface area (Å²) in [7, 11) is 1.23. The standard InChI is InChI=1S/C38H56Cl2N6O10/c1-24-5-8-30-25(2)34(53-36-38(30)29(24)9-10-37(3,54-36)55-56-38)42-33(48)23-45-17-15-44(16-18-45)22-32(47)41-31(35(49)52-4)20-27-19-28(46(50)51)7-6-26(27)21-43(13-11-39)14-12-40/h6-7,19,24-25,29-31,34,36H,5,8-18,20-23H2,1-4H3,(H,41,47)(H,42,48)/t24-,25-,29?,30+,31+,34+,36-,37?,38?/m1/s1. The number of ether oxygens (including phenoxy) is 3. The third kappa shape index (κ3) is 9.45. The maximum Gasteiger partial charge on any atom is 0.328 e. The number of esters is 1. The van der Waals surface area contributed by atoms with Gasteiger partial charge in [-0.15, -0.1) is 23.2 Å². The van der Waals surface area contributed by atoms with Crippen molar-refractivity contribution in [1.29, 1.82) is 0 Å². The molecule has 56 heavy (non-hydrogen) atoms. The molecule has 1 aliphatic carbocycles. The largest absolute Gasteiger partial charge is 0.467 e. The fourth-order valence-corrected chi connectivity index (χ4v) is 9.88. The molecule has 0 aromatic heterocycles. The Morgan fingerprint density at radius 3 is 2.32 bits per heavy atom. The lowest BCUT2D eigenvalue weighted by Gasteiger charge is -2.60. The van der Waals surface area contributed by atoms with E-state index in [9.17, 15) is 24.5 Å². The summed E-state index contributed by atoms with van der Waals surface area (Å²) in [5, 5.41) is 17.6. The second kappa shape index (κ2) is 18.5. The van der Waals surface area contributed by atoms with E-state index in [1.165, 1.54) is 19.2 Å². The smallest absolute Gasteiger partial charge is 0.328 e. The summed E-state index contributed by atoms with van der Waals surface area (Å²) in [6.45, 7) is 10.1. The number of carbonyl (C=O) groups excluding carboxylic acids is 3. The van der Waals surface area contributed by atoms with E-state index in [0.717, 1.165) is 24.8 Å². The van der Waals surface area contributed by atoms with E-state index in [1.54, 1.807) is 6.07 Å². The van der Waals surface area contributed by atoms with Crippen molar-refractivity contribution in [2.75, 3.05) is 71.2 Å². The lowest BCUT2D eigenvalue weighted by molar-refractivity contribution is -0.571. The Balaban J connectivity index is 1.01. The van der Waals surface area contributed by atoms with Gasteiger partial charge in [0.15, 0.2) is 11.9 Å². The molecule has 6 aliphatic rings. The first kappa shape index (κ1) is 42.9. The van der Waals surface area contributed by atoms with Crippen molar-refractivity contribution in [2.24, 2.45) is 23.7 Å². The summed E-state index contributed by atoms with van der Waals surface area (Å²) in [6.07, 6.45) is 2.47. The van der Waals surface area contributed by atoms with Crippen LogP contribution in [0.3, 0.4) is 0 Å². The summed E-state index contributed by atoms with van der Waals surface area (Å²) in [5.74, 6) is -0.579. The van der Waals surface area contributed by atoms with Crippen LogP contribution >= 0.6 is 23.2 Å². The van der Waals surface area contributed by atoms with Crippen LogP contribution < -0.4 is 10.6 Å². The van der Waals surface area contributed by atoms with E-state index in [2.05, 4.69) is 24.5 Å². The number of nitro benzene ring substituents is 1. The highest BCUT2D eigenvalue weighted by Crippen LogP contribution is 2.60. The minimum Gasteiger partial charge on any atom is -0.467 e. The summed E-state index contributed by atoms with van der Waals surface area (Å²) in [5.41, 5.74) is 0.460. The number of rotatable bonds is 16. The van der Waals surface area contributed by atoms with Crippen molar-refractivity contribution in [3.8, 4) is 0 Å². The van der Waals surface area contributed by atoms with Crippen molar-refractivity contribution < 1.29 is 43.3 Å². The summed E-state index contributed by atoms with van der Waals surface area (Å²) in [4.78, 5) is 68.9. The number of halogens is 2. The highest BCUT2D eigenvalue weighted by Gasteiger charge is 2.69. The number of alkyl halides is 2. The minimum atomic E-state index is -1.07. The topological polar surface area (TPSA) is 174 Å². The molecule has 3 unspecified atom stereocenters. The molecule has 312 valence electrons. The van der Waals surface area contributed by atoms with Gasteiger partial charge in [0, 0.05) is 94.4 Å². The molecule has 2 bridgehead atoms. The average molecular weight is 828 g/mol. The van der Waals surface area contributed by atoms with Gasteiger partial charge in [-0.3, -0.25) is 34.4 Å². The predicted molar refractivity (Wildman–Crippen MR) is 205 cm³/mol. The lowest BCUT2D eigenvalue weighted by Crippen LogP contribution is -2.72. The fourth-order valence-electron chi connectivity index (χ4n) is 9.40. The van der Waals surface area contributed by atoms with E-state index in [4.69, 9.17) is 47.2 Å². The molecule has 18 heteroatoms. The number of hydrogen-bond donors (Lipinski definition) is 2. The van der Waals surface area contributed by atoms with Crippen molar-refractivity contribution in [2.45, 2.75) is 89.4 Å². The highest BCUT2D eigenvalue weighted by atomic mass is 35.5. The number of fused-ring (bicyclic) bond motifs is 2. The molecule has 9 atom stereocenters. The quantitative estimate of drug-likeness (QED) is 0.0820. The zero-order valence-electron chi connectivity index (χ0n) is 32.7. The van der Waals surface area contributed by atoms with Crippen LogP contribution in [-0.2, 0) is 51.3 Å². The molecule has 1 aromatic carbocycles. The number of hydrogen-bond acceptors (Lipinski definition) is 13. The molecule has 5 aliphatic heterocycles. The van der Waals surface area contributed by atoms with Gasteiger partial charge in [0.05, 0.1) is 25.1 Å². The van der Waals surface area contributed by atoms with Crippen LogP contribution in [0.5, 0.6) is 0 Å². The minimum absolute atomic E-state index is 0.00828. The number of piperazine rings is 1. The van der Waals surface area contributed by atoms with Crippen LogP contribution in [0.1, 0.15) is 57.6 Å². The van der Waals surface area contributed by atoms with Crippen molar-refractivity contribution in [3.05, 3.63) is 39.4 Å². The number of benzene rings is 1. The fraction of sp³-hybridized carbons (Fsp3) is 0.763. The number of nitro groups is 1. The third-order valence-electron chi connectivity index (χ3n) is 12.5. The average Bonchev–Trinajstić information content (AvgIpc) is 3.40. The summed E-state index contributed by atoms with van der Waals surface area (Å²) >= 11 is 12.0. The van der Waals surface area contributed by atoms with Crippen molar-refractivity contribution in [1.82, 2.24) is 25.3 Å². The first-order chi connectivity index (χ1) is 26.8. The number of nitrogens with zero attached hydrogens (tertiary/aromatic N) is 4. The second-order valence-electron chi connectivity index (χ2n) is 16.2. The molecular weight excluding hydrogens is 771 g/mol. The maximum atomic E-state index is 13.4. The molecule has 6 fully saturated rings. The van der Waals surface area contributed by atoms with Gasteiger partial charge in [-0.2, -0.15) is 0 Å². The number of methoxy groups -OCH3 is 1. The van der Waals surface area contributed by atoms with Gasteiger partial charge in [0.1, 0.15) is 12.3 Å². The van der Waals surface area contributed by atoms with Crippen LogP contribution in [0.2, 0.25) is 0 Å². The molecule has 1 spiro atoms. The van der Waals surface area contributed by atoms with E-state index in [-0.39, 0.29) is 54.8 Å². The van der Waals surface area contributed by atoms with Crippen LogP contribution in [0.15, 0.2) is 18.2 Å². The highest BCUT2D eigenvalue weighted by molar-refractivity contribution is 6.18. The Bertz CT molecular complexity index is 1580. The molecule has 7 rings (SSSR count). The van der Waals surface area contributed by atoms with Gasteiger partial charge in [-0.25, -0.2) is 14.6 Å². The maximum absolute atomic E-state index is 13.4. The second-order valence-corrected chi connectivity index (χ2v) is 16.9. The Hall–Kier alpha value is -2.67. The van der Waals surface area contributed by atoms with Crippen LogP contribution in [0.25, 0.3) is 0 Å². The van der Waals surface area contributed by atoms with Crippen molar-refractivity contribution in [3.63, 3.8) is 0 Å². The van der Waals surface area contributed by atoms with E-state index in [0.29, 0.717) is 75.5 Å². The van der Waals surface area contributed by atoms with E-state index < -0.39 is 40.8 Å². The number of carbonyl (C=O) groups is 3. The van der Waals surface area contributed by atoms with Gasteiger partial charge in [-0.1, -0.05) is 19.9 Å². The van der Waals surface area contributed by atoms with Crippen LogP contribution in [0, 0.1) is 33.8 Å². The lowest BCUT2D eigenvalue weighted by atomic mass is 9.58. The van der Waals surface area contributed by atoms with Gasteiger partial charge < -0.3 is 24.8 Å².